The number of fused-ring (bicyclic) bond motifs is 1. The number of nitrogens with zero attached hydrogens (tertiary/aromatic N) is 7. The molecule has 9 heteroatoms. The molecule has 0 N–H and O–H groups in total. The zero-order valence-electron chi connectivity index (χ0n) is 16.7. The van der Waals surface area contributed by atoms with E-state index in [0.717, 1.165) is 22.4 Å². The minimum atomic E-state index is -0.233. The lowest BCUT2D eigenvalue weighted by Gasteiger charge is -2.36. The van der Waals surface area contributed by atoms with Crippen LogP contribution in [0.2, 0.25) is 0 Å². The van der Waals surface area contributed by atoms with Crippen molar-refractivity contribution < 1.29 is 4.79 Å². The smallest absolute Gasteiger partial charge is 0.274 e. The number of hydrogen-bond acceptors (Lipinski definition) is 7. The van der Waals surface area contributed by atoms with Crippen molar-refractivity contribution >= 4 is 28.3 Å². The SMILES string of the molecule is CN(C)c1ncnc2ccc(N3CCN(C(=O)c4ccc(=O)n(C)n4)CC3)cc12. The summed E-state index contributed by atoms with van der Waals surface area (Å²) in [4.78, 5) is 38.9. The number of anilines is 2. The first-order valence-electron chi connectivity index (χ1n) is 9.45. The van der Waals surface area contributed by atoms with Gasteiger partial charge >= 0.3 is 0 Å². The summed E-state index contributed by atoms with van der Waals surface area (Å²) in [5.74, 6) is 0.730. The number of carbonyl (C=O) groups excluding carboxylic acids is 1. The molecule has 4 rings (SSSR count). The minimum Gasteiger partial charge on any atom is -0.368 e. The molecular formula is C20H23N7O2. The summed E-state index contributed by atoms with van der Waals surface area (Å²) < 4.78 is 1.18. The number of aromatic nitrogens is 4. The Labute approximate surface area is 168 Å². The molecule has 1 amide bonds. The zero-order chi connectivity index (χ0) is 20.5. The van der Waals surface area contributed by atoms with E-state index in [1.54, 1.807) is 18.3 Å². The van der Waals surface area contributed by atoms with Gasteiger partial charge in [-0.05, 0) is 24.3 Å². The van der Waals surface area contributed by atoms with Crippen LogP contribution in [0, 0.1) is 0 Å². The molecule has 2 aromatic heterocycles. The third-order valence-electron chi connectivity index (χ3n) is 5.13. The van der Waals surface area contributed by atoms with Crippen LogP contribution in [0.25, 0.3) is 10.9 Å². The highest BCUT2D eigenvalue weighted by molar-refractivity contribution is 5.93. The van der Waals surface area contributed by atoms with Crippen LogP contribution in [0.5, 0.6) is 0 Å². The summed E-state index contributed by atoms with van der Waals surface area (Å²) in [6, 6.07) is 9.03. The number of amides is 1. The second kappa shape index (κ2) is 7.50. The molecule has 3 aromatic rings. The van der Waals surface area contributed by atoms with Gasteiger partial charge in [0.25, 0.3) is 11.5 Å². The molecule has 0 saturated carbocycles. The first kappa shape index (κ1) is 18.9. The third-order valence-corrected chi connectivity index (χ3v) is 5.13. The molecule has 1 aliphatic rings. The fourth-order valence-electron chi connectivity index (χ4n) is 3.53. The van der Waals surface area contributed by atoms with Crippen LogP contribution in [0.4, 0.5) is 11.5 Å². The normalized spacial score (nSPS) is 14.3. The molecule has 0 bridgehead atoms. The Morgan fingerprint density at radius 2 is 1.79 bits per heavy atom. The van der Waals surface area contributed by atoms with Crippen molar-refractivity contribution in [1.29, 1.82) is 0 Å². The Balaban J connectivity index is 1.51. The van der Waals surface area contributed by atoms with Crippen LogP contribution in [0.3, 0.4) is 0 Å². The summed E-state index contributed by atoms with van der Waals surface area (Å²) in [6.07, 6.45) is 1.58. The number of rotatable bonds is 3. The molecule has 0 aliphatic carbocycles. The second-order valence-corrected chi connectivity index (χ2v) is 7.25. The number of aryl methyl sites for hydroxylation is 1. The minimum absolute atomic E-state index is 0.151. The van der Waals surface area contributed by atoms with Crippen LogP contribution in [-0.2, 0) is 7.05 Å². The van der Waals surface area contributed by atoms with Crippen LogP contribution >= 0.6 is 0 Å². The van der Waals surface area contributed by atoms with Crippen LogP contribution in [-0.4, -0.2) is 70.8 Å². The molecule has 1 saturated heterocycles. The summed E-state index contributed by atoms with van der Waals surface area (Å²) in [6.45, 7) is 2.61. The Kier molecular flexibility index (Phi) is 4.87. The highest BCUT2D eigenvalue weighted by Crippen LogP contribution is 2.27. The van der Waals surface area contributed by atoms with Gasteiger partial charge in [0.05, 0.1) is 5.52 Å². The van der Waals surface area contributed by atoms with E-state index in [2.05, 4.69) is 32.1 Å². The fraction of sp³-hybridized carbons (Fsp3) is 0.350. The van der Waals surface area contributed by atoms with E-state index in [1.165, 1.54) is 16.8 Å². The van der Waals surface area contributed by atoms with Gasteiger partial charge in [0.1, 0.15) is 17.8 Å². The molecule has 0 unspecified atom stereocenters. The van der Waals surface area contributed by atoms with Gasteiger partial charge in [0.2, 0.25) is 0 Å². The molecule has 1 aliphatic heterocycles. The van der Waals surface area contributed by atoms with Gasteiger partial charge in [-0.1, -0.05) is 0 Å². The van der Waals surface area contributed by atoms with Gasteiger partial charge in [0, 0.05) is 64.5 Å². The van der Waals surface area contributed by atoms with Crippen LogP contribution in [0.1, 0.15) is 10.5 Å². The first-order chi connectivity index (χ1) is 13.9. The Morgan fingerprint density at radius 1 is 1.03 bits per heavy atom. The van der Waals surface area contributed by atoms with E-state index in [4.69, 9.17) is 0 Å². The molecule has 1 aromatic carbocycles. The average molecular weight is 393 g/mol. The highest BCUT2D eigenvalue weighted by Gasteiger charge is 2.24. The van der Waals surface area contributed by atoms with Crippen molar-refractivity contribution in [3.8, 4) is 0 Å². The second-order valence-electron chi connectivity index (χ2n) is 7.25. The predicted octanol–water partition coefficient (Wildman–Crippen LogP) is 0.752. The average Bonchev–Trinajstić information content (AvgIpc) is 2.74. The number of carbonyl (C=O) groups is 1. The molecule has 29 heavy (non-hydrogen) atoms. The maximum absolute atomic E-state index is 12.7. The van der Waals surface area contributed by atoms with Gasteiger partial charge < -0.3 is 14.7 Å². The third kappa shape index (κ3) is 3.63. The summed E-state index contributed by atoms with van der Waals surface area (Å²) in [5, 5.41) is 5.07. The van der Waals surface area contributed by atoms with Crippen molar-refractivity contribution in [3.63, 3.8) is 0 Å². The Hall–Kier alpha value is -3.49. The van der Waals surface area contributed by atoms with Gasteiger partial charge in [0.15, 0.2) is 0 Å². The lowest BCUT2D eigenvalue weighted by Crippen LogP contribution is -2.49. The molecule has 150 valence electrons. The first-order valence-corrected chi connectivity index (χ1v) is 9.45. The van der Waals surface area contributed by atoms with Gasteiger partial charge in [-0.15, -0.1) is 0 Å². The Morgan fingerprint density at radius 3 is 2.48 bits per heavy atom. The summed E-state index contributed by atoms with van der Waals surface area (Å²) >= 11 is 0. The molecule has 3 heterocycles. The van der Waals surface area contributed by atoms with E-state index in [0.29, 0.717) is 31.9 Å². The topological polar surface area (TPSA) is 87.5 Å². The number of benzene rings is 1. The maximum Gasteiger partial charge on any atom is 0.274 e. The van der Waals surface area contributed by atoms with Gasteiger partial charge in [-0.25, -0.2) is 14.6 Å². The summed E-state index contributed by atoms with van der Waals surface area (Å²) in [7, 11) is 5.47. The van der Waals surface area contributed by atoms with Crippen molar-refractivity contribution in [2.24, 2.45) is 7.05 Å². The van der Waals surface area contributed by atoms with E-state index in [9.17, 15) is 9.59 Å². The van der Waals surface area contributed by atoms with Crippen molar-refractivity contribution in [2.45, 2.75) is 0 Å². The lowest BCUT2D eigenvalue weighted by molar-refractivity contribution is 0.0738. The zero-order valence-corrected chi connectivity index (χ0v) is 16.7. The van der Waals surface area contributed by atoms with Crippen molar-refractivity contribution in [1.82, 2.24) is 24.6 Å². The quantitative estimate of drug-likeness (QED) is 0.649. The molecule has 0 spiro atoms. The van der Waals surface area contributed by atoms with Crippen LogP contribution in [0.15, 0.2) is 41.5 Å². The molecule has 0 atom stereocenters. The van der Waals surface area contributed by atoms with E-state index >= 15 is 0 Å². The predicted molar refractivity (Wildman–Crippen MR) is 111 cm³/mol. The van der Waals surface area contributed by atoms with E-state index < -0.39 is 0 Å². The van der Waals surface area contributed by atoms with E-state index in [1.807, 2.05) is 25.1 Å². The number of piperazine rings is 1. The van der Waals surface area contributed by atoms with E-state index in [-0.39, 0.29) is 11.5 Å². The monoisotopic (exact) mass is 393 g/mol. The number of hydrogen-bond donors (Lipinski definition) is 0. The lowest BCUT2D eigenvalue weighted by atomic mass is 10.1. The van der Waals surface area contributed by atoms with Gasteiger partial charge in [-0.3, -0.25) is 9.59 Å². The molecule has 1 fully saturated rings. The summed E-state index contributed by atoms with van der Waals surface area (Å²) in [5.41, 5.74) is 2.05. The molecular weight excluding hydrogens is 370 g/mol. The largest absolute Gasteiger partial charge is 0.368 e. The van der Waals surface area contributed by atoms with Crippen LogP contribution < -0.4 is 15.4 Å². The van der Waals surface area contributed by atoms with Gasteiger partial charge in [-0.2, -0.15) is 5.10 Å². The van der Waals surface area contributed by atoms with Crippen molar-refractivity contribution in [3.05, 3.63) is 52.7 Å². The van der Waals surface area contributed by atoms with Crippen molar-refractivity contribution in [2.75, 3.05) is 50.1 Å². The highest BCUT2D eigenvalue weighted by atomic mass is 16.2. The molecule has 9 nitrogen and oxygen atoms in total. The maximum atomic E-state index is 12.7. The molecule has 0 radical (unpaired) electrons. The fourth-order valence-corrected chi connectivity index (χ4v) is 3.53. The standard InChI is InChI=1S/C20H23N7O2/c1-24(2)19-15-12-14(4-5-16(15)21-13-22-19)26-8-10-27(11-9-26)20(29)17-6-7-18(28)25(3)23-17/h4-7,12-13H,8-11H2,1-3H3. The Bertz CT molecular complexity index is 1120.